The number of alkyl halides is 3. The summed E-state index contributed by atoms with van der Waals surface area (Å²) in [6.45, 7) is -0.202. The summed E-state index contributed by atoms with van der Waals surface area (Å²) in [6.07, 6.45) is -2.72. The van der Waals surface area contributed by atoms with Gasteiger partial charge in [0.1, 0.15) is 12.7 Å². The van der Waals surface area contributed by atoms with Gasteiger partial charge in [0.15, 0.2) is 0 Å². The molecule has 17 heavy (non-hydrogen) atoms. The number of carbonyl (C=O) groups excluding carboxylic acids is 1. The maximum absolute atomic E-state index is 11.8. The van der Waals surface area contributed by atoms with Crippen molar-refractivity contribution in [3.63, 3.8) is 0 Å². The third-order valence-corrected chi connectivity index (χ3v) is 1.84. The van der Waals surface area contributed by atoms with Gasteiger partial charge in [-0.15, -0.1) is 0 Å². The highest BCUT2D eigenvalue weighted by Gasteiger charge is 2.29. The smallest absolute Gasteiger partial charge is 0.359 e. The predicted octanol–water partition coefficient (Wildman–Crippen LogP) is 1.33. The number of ether oxygens (including phenoxy) is 1. The highest BCUT2D eigenvalue weighted by atomic mass is 19.4. The van der Waals surface area contributed by atoms with Crippen molar-refractivity contribution >= 4 is 11.6 Å². The van der Waals surface area contributed by atoms with E-state index in [2.05, 4.69) is 15.2 Å². The number of hydrogen-bond acceptors (Lipinski definition) is 3. The molecule has 1 N–H and O–H groups in total. The highest BCUT2D eigenvalue weighted by molar-refractivity contribution is 5.93. The third kappa shape index (κ3) is 4.85. The van der Waals surface area contributed by atoms with E-state index in [0.29, 0.717) is 5.69 Å². The molecule has 0 aliphatic heterocycles. The molecular formula is C9H12F3N3O2. The average molecular weight is 251 g/mol. The molecule has 0 saturated carbocycles. The topological polar surface area (TPSA) is 56.1 Å². The molecule has 0 aliphatic carbocycles. The lowest BCUT2D eigenvalue weighted by Gasteiger charge is -2.13. The summed E-state index contributed by atoms with van der Waals surface area (Å²) in [4.78, 5) is 11.4. The lowest BCUT2D eigenvalue weighted by Crippen LogP contribution is -2.31. The molecule has 0 aliphatic rings. The summed E-state index contributed by atoms with van der Waals surface area (Å²) in [5.74, 6) is -0.651. The minimum Gasteiger partial charge on any atom is -0.359 e. The van der Waals surface area contributed by atoms with Gasteiger partial charge >= 0.3 is 6.18 Å². The van der Waals surface area contributed by atoms with Crippen LogP contribution in [0.5, 0.6) is 0 Å². The fraction of sp³-hybridized carbons (Fsp3) is 0.556. The Bertz CT molecular complexity index is 389. The van der Waals surface area contributed by atoms with Crippen molar-refractivity contribution in [2.45, 2.75) is 19.2 Å². The zero-order valence-corrected chi connectivity index (χ0v) is 9.28. The zero-order valence-electron chi connectivity index (χ0n) is 9.28. The predicted molar refractivity (Wildman–Crippen MR) is 53.3 cm³/mol. The molecule has 0 unspecified atom stereocenters. The van der Waals surface area contributed by atoms with Gasteiger partial charge in [-0.2, -0.15) is 18.3 Å². The number of anilines is 1. The van der Waals surface area contributed by atoms with Crippen LogP contribution in [-0.4, -0.2) is 34.6 Å². The van der Waals surface area contributed by atoms with E-state index in [9.17, 15) is 18.0 Å². The van der Waals surface area contributed by atoms with Crippen LogP contribution in [0.4, 0.5) is 18.9 Å². The molecule has 8 heteroatoms. The van der Waals surface area contributed by atoms with E-state index < -0.39 is 24.8 Å². The number of carbonyl (C=O) groups is 1. The van der Waals surface area contributed by atoms with Crippen molar-refractivity contribution in [3.05, 3.63) is 12.4 Å². The normalized spacial score (nSPS) is 13.5. The summed E-state index contributed by atoms with van der Waals surface area (Å²) in [5.41, 5.74) is 0.403. The van der Waals surface area contributed by atoms with Crippen LogP contribution in [0.3, 0.4) is 0 Å². The lowest BCUT2D eigenvalue weighted by atomic mass is 10.3. The van der Waals surface area contributed by atoms with Crippen molar-refractivity contribution < 1.29 is 22.7 Å². The van der Waals surface area contributed by atoms with Gasteiger partial charge in [-0.3, -0.25) is 9.48 Å². The number of nitrogens with one attached hydrogen (secondary N) is 1. The van der Waals surface area contributed by atoms with E-state index in [1.165, 1.54) is 24.0 Å². The molecule has 0 aromatic carbocycles. The van der Waals surface area contributed by atoms with Crippen molar-refractivity contribution in [1.29, 1.82) is 0 Å². The van der Waals surface area contributed by atoms with Gasteiger partial charge in [-0.25, -0.2) is 0 Å². The monoisotopic (exact) mass is 251 g/mol. The quantitative estimate of drug-likeness (QED) is 0.878. The molecule has 5 nitrogen and oxygen atoms in total. The van der Waals surface area contributed by atoms with Gasteiger partial charge in [-0.05, 0) is 6.92 Å². The van der Waals surface area contributed by atoms with Crippen LogP contribution in [0.1, 0.15) is 6.92 Å². The second-order valence-electron chi connectivity index (χ2n) is 3.46. The Labute approximate surface area is 95.5 Å². The van der Waals surface area contributed by atoms with Crippen LogP contribution < -0.4 is 5.32 Å². The van der Waals surface area contributed by atoms with Gasteiger partial charge in [0.25, 0.3) is 5.91 Å². The molecule has 0 radical (unpaired) electrons. The Morgan fingerprint density at radius 2 is 2.29 bits per heavy atom. The van der Waals surface area contributed by atoms with E-state index in [1.54, 1.807) is 7.05 Å². The largest absolute Gasteiger partial charge is 0.411 e. The van der Waals surface area contributed by atoms with E-state index >= 15 is 0 Å². The molecule has 1 aromatic heterocycles. The SMILES string of the molecule is C[C@H](OCC(F)(F)F)C(=O)Nc1cnn(C)c1. The molecule has 96 valence electrons. The van der Waals surface area contributed by atoms with Gasteiger partial charge in [0.2, 0.25) is 0 Å². The van der Waals surface area contributed by atoms with Gasteiger partial charge in [0.05, 0.1) is 11.9 Å². The molecule has 0 saturated heterocycles. The summed E-state index contributed by atoms with van der Waals surface area (Å²) in [6, 6.07) is 0. The van der Waals surface area contributed by atoms with Crippen molar-refractivity contribution in [2.75, 3.05) is 11.9 Å². The van der Waals surface area contributed by atoms with Crippen LogP contribution in [0, 0.1) is 0 Å². The van der Waals surface area contributed by atoms with Crippen LogP contribution >= 0.6 is 0 Å². The average Bonchev–Trinajstić information content (AvgIpc) is 2.59. The first-order valence-corrected chi connectivity index (χ1v) is 4.76. The van der Waals surface area contributed by atoms with E-state index in [-0.39, 0.29) is 0 Å². The first-order valence-electron chi connectivity index (χ1n) is 4.76. The molecule has 0 spiro atoms. The summed E-state index contributed by atoms with van der Waals surface area (Å²) < 4.78 is 41.4. The Morgan fingerprint density at radius 1 is 1.65 bits per heavy atom. The van der Waals surface area contributed by atoms with Gasteiger partial charge in [0, 0.05) is 13.2 Å². The summed E-state index contributed by atoms with van der Waals surface area (Å²) in [7, 11) is 1.65. The molecular weight excluding hydrogens is 239 g/mol. The third-order valence-electron chi connectivity index (χ3n) is 1.84. The fourth-order valence-electron chi connectivity index (χ4n) is 1.02. The van der Waals surface area contributed by atoms with Crippen molar-refractivity contribution in [3.8, 4) is 0 Å². The summed E-state index contributed by atoms with van der Waals surface area (Å²) in [5, 5.41) is 6.18. The second kappa shape index (κ2) is 5.17. The van der Waals surface area contributed by atoms with E-state index in [4.69, 9.17) is 0 Å². The van der Waals surface area contributed by atoms with E-state index in [0.717, 1.165) is 0 Å². The maximum Gasteiger partial charge on any atom is 0.411 e. The fourth-order valence-corrected chi connectivity index (χ4v) is 1.02. The number of hydrogen-bond donors (Lipinski definition) is 1. The number of aromatic nitrogens is 2. The molecule has 0 bridgehead atoms. The number of halogens is 3. The lowest BCUT2D eigenvalue weighted by molar-refractivity contribution is -0.184. The molecule has 1 atom stereocenters. The van der Waals surface area contributed by atoms with Crippen LogP contribution in [0.15, 0.2) is 12.4 Å². The molecule has 1 amide bonds. The Hall–Kier alpha value is -1.57. The van der Waals surface area contributed by atoms with Crippen LogP contribution in [0.25, 0.3) is 0 Å². The Kier molecular flexibility index (Phi) is 4.11. The maximum atomic E-state index is 11.8. The van der Waals surface area contributed by atoms with Crippen LogP contribution in [0.2, 0.25) is 0 Å². The van der Waals surface area contributed by atoms with Gasteiger partial charge < -0.3 is 10.1 Å². The minimum absolute atomic E-state index is 0.403. The molecule has 0 fully saturated rings. The minimum atomic E-state index is -4.44. The number of aryl methyl sites for hydroxylation is 1. The first kappa shape index (κ1) is 13.5. The van der Waals surface area contributed by atoms with Crippen molar-refractivity contribution in [2.24, 2.45) is 7.05 Å². The number of amides is 1. The molecule has 1 aromatic rings. The molecule has 1 heterocycles. The Morgan fingerprint density at radius 3 is 2.76 bits per heavy atom. The standard InChI is InChI=1S/C9H12F3N3O2/c1-6(17-5-9(10,11)12)8(16)14-7-3-13-15(2)4-7/h3-4,6H,5H2,1-2H3,(H,14,16)/t6-/m0/s1. The first-order chi connectivity index (χ1) is 7.78. The second-order valence-corrected chi connectivity index (χ2v) is 3.46. The number of nitrogens with zero attached hydrogens (tertiary/aromatic N) is 2. The number of rotatable bonds is 4. The molecule has 1 rings (SSSR count). The van der Waals surface area contributed by atoms with Gasteiger partial charge in [-0.1, -0.05) is 0 Å². The van der Waals surface area contributed by atoms with E-state index in [1.807, 2.05) is 0 Å². The Balaban J connectivity index is 2.42. The highest BCUT2D eigenvalue weighted by Crippen LogP contribution is 2.15. The van der Waals surface area contributed by atoms with Crippen molar-refractivity contribution in [1.82, 2.24) is 9.78 Å². The summed E-state index contributed by atoms with van der Waals surface area (Å²) >= 11 is 0. The van der Waals surface area contributed by atoms with Crippen LogP contribution in [-0.2, 0) is 16.6 Å². The zero-order chi connectivity index (χ0) is 13.1.